The Labute approximate surface area is 101 Å². The van der Waals surface area contributed by atoms with Crippen molar-refractivity contribution >= 4 is 5.78 Å². The molecule has 1 aromatic rings. The smallest absolute Gasteiger partial charge is 0.192 e. The van der Waals surface area contributed by atoms with Crippen molar-refractivity contribution in [3.63, 3.8) is 0 Å². The zero-order valence-electron chi connectivity index (χ0n) is 10.5. The average molecular weight is 238 g/mol. The summed E-state index contributed by atoms with van der Waals surface area (Å²) in [5, 5.41) is 0. The summed E-state index contributed by atoms with van der Waals surface area (Å²) >= 11 is 0. The van der Waals surface area contributed by atoms with Crippen molar-refractivity contribution in [2.45, 2.75) is 13.8 Å². The van der Waals surface area contributed by atoms with Gasteiger partial charge in [0.05, 0.1) is 18.8 Å². The first-order chi connectivity index (χ1) is 8.22. The zero-order valence-corrected chi connectivity index (χ0v) is 10.5. The molecule has 94 valence electrons. The summed E-state index contributed by atoms with van der Waals surface area (Å²) < 4.78 is 15.6. The van der Waals surface area contributed by atoms with Gasteiger partial charge in [0.15, 0.2) is 5.78 Å². The highest BCUT2D eigenvalue weighted by atomic mass is 16.5. The molecule has 0 amide bonds. The second kappa shape index (κ2) is 6.91. The van der Waals surface area contributed by atoms with Crippen molar-refractivity contribution in [1.29, 1.82) is 0 Å². The molecule has 0 aromatic heterocycles. The van der Waals surface area contributed by atoms with Crippen molar-refractivity contribution in [2.75, 3.05) is 26.9 Å². The van der Waals surface area contributed by atoms with Gasteiger partial charge in [-0.3, -0.25) is 4.79 Å². The lowest BCUT2D eigenvalue weighted by molar-refractivity contribution is 0.0844. The molecule has 0 bridgehead atoms. The molecule has 0 saturated carbocycles. The van der Waals surface area contributed by atoms with E-state index in [-0.39, 0.29) is 12.4 Å². The first-order valence-electron chi connectivity index (χ1n) is 5.64. The number of methoxy groups -OCH3 is 1. The number of carbonyl (C=O) groups is 1. The van der Waals surface area contributed by atoms with Crippen LogP contribution in [-0.4, -0.2) is 32.7 Å². The molecule has 0 radical (unpaired) electrons. The number of ketones is 1. The summed E-state index contributed by atoms with van der Waals surface area (Å²) in [6.07, 6.45) is 0. The van der Waals surface area contributed by atoms with Gasteiger partial charge >= 0.3 is 0 Å². The van der Waals surface area contributed by atoms with Gasteiger partial charge < -0.3 is 14.2 Å². The lowest BCUT2D eigenvalue weighted by Gasteiger charge is -2.11. The normalized spacial score (nSPS) is 10.1. The van der Waals surface area contributed by atoms with Crippen LogP contribution >= 0.6 is 0 Å². The fraction of sp³-hybridized carbons (Fsp3) is 0.462. The number of Topliss-reactive ketones (excluding diaryl/α,β-unsaturated/α-hetero) is 1. The Kier molecular flexibility index (Phi) is 5.49. The predicted molar refractivity (Wildman–Crippen MR) is 65.0 cm³/mol. The SMILES string of the molecule is CCOc1ccc(C(=O)COC)c(OCC)c1. The van der Waals surface area contributed by atoms with Crippen LogP contribution in [0.25, 0.3) is 0 Å². The molecular weight excluding hydrogens is 220 g/mol. The molecule has 0 unspecified atom stereocenters. The first-order valence-corrected chi connectivity index (χ1v) is 5.64. The summed E-state index contributed by atoms with van der Waals surface area (Å²) in [5.74, 6) is 1.14. The number of rotatable bonds is 7. The van der Waals surface area contributed by atoms with Gasteiger partial charge in [0, 0.05) is 13.2 Å². The zero-order chi connectivity index (χ0) is 12.7. The predicted octanol–water partition coefficient (Wildman–Crippen LogP) is 2.31. The summed E-state index contributed by atoms with van der Waals surface area (Å²) in [5.41, 5.74) is 0.525. The van der Waals surface area contributed by atoms with Crippen molar-refractivity contribution in [3.8, 4) is 11.5 Å². The van der Waals surface area contributed by atoms with Crippen molar-refractivity contribution in [3.05, 3.63) is 23.8 Å². The number of hydrogen-bond acceptors (Lipinski definition) is 4. The third-order valence-corrected chi connectivity index (χ3v) is 2.14. The first kappa shape index (κ1) is 13.5. The van der Waals surface area contributed by atoms with Gasteiger partial charge in [-0.25, -0.2) is 0 Å². The van der Waals surface area contributed by atoms with Crippen molar-refractivity contribution in [2.24, 2.45) is 0 Å². The average Bonchev–Trinajstić information content (AvgIpc) is 2.30. The summed E-state index contributed by atoms with van der Waals surface area (Å²) in [6, 6.07) is 5.20. The molecule has 0 fully saturated rings. The maximum atomic E-state index is 11.8. The minimum Gasteiger partial charge on any atom is -0.494 e. The van der Waals surface area contributed by atoms with Crippen LogP contribution in [0.3, 0.4) is 0 Å². The molecule has 0 spiro atoms. The van der Waals surface area contributed by atoms with Gasteiger partial charge in [-0.1, -0.05) is 0 Å². The summed E-state index contributed by atoms with van der Waals surface area (Å²) in [4.78, 5) is 11.8. The van der Waals surface area contributed by atoms with E-state index in [1.807, 2.05) is 13.8 Å². The third-order valence-electron chi connectivity index (χ3n) is 2.14. The van der Waals surface area contributed by atoms with Gasteiger partial charge in [0.1, 0.15) is 18.1 Å². The second-order valence-electron chi connectivity index (χ2n) is 3.38. The number of ether oxygens (including phenoxy) is 3. The number of carbonyl (C=O) groups excluding carboxylic acids is 1. The fourth-order valence-electron chi connectivity index (χ4n) is 1.47. The molecule has 4 heteroatoms. The second-order valence-corrected chi connectivity index (χ2v) is 3.38. The monoisotopic (exact) mass is 238 g/mol. The Morgan fingerprint density at radius 3 is 2.47 bits per heavy atom. The van der Waals surface area contributed by atoms with E-state index >= 15 is 0 Å². The molecule has 0 heterocycles. The minimum atomic E-state index is -0.0981. The molecule has 1 rings (SSSR count). The highest BCUT2D eigenvalue weighted by molar-refractivity contribution is 5.99. The van der Waals surface area contributed by atoms with Gasteiger partial charge in [0.2, 0.25) is 0 Å². The highest BCUT2D eigenvalue weighted by Crippen LogP contribution is 2.25. The van der Waals surface area contributed by atoms with Gasteiger partial charge in [-0.05, 0) is 26.0 Å². The molecular formula is C13H18O4. The van der Waals surface area contributed by atoms with Crippen LogP contribution in [0.4, 0.5) is 0 Å². The Morgan fingerprint density at radius 1 is 1.18 bits per heavy atom. The van der Waals surface area contributed by atoms with Crippen LogP contribution in [0.15, 0.2) is 18.2 Å². The maximum absolute atomic E-state index is 11.8. The van der Waals surface area contributed by atoms with E-state index in [2.05, 4.69) is 0 Å². The lowest BCUT2D eigenvalue weighted by atomic mass is 10.1. The van der Waals surface area contributed by atoms with E-state index in [0.717, 1.165) is 0 Å². The standard InChI is InChI=1S/C13H18O4/c1-4-16-10-6-7-11(12(14)9-15-3)13(8-10)17-5-2/h6-8H,4-5,9H2,1-3H3. The van der Waals surface area contributed by atoms with Crippen LogP contribution in [0.2, 0.25) is 0 Å². The van der Waals surface area contributed by atoms with Crippen LogP contribution in [0.5, 0.6) is 11.5 Å². The quantitative estimate of drug-likeness (QED) is 0.684. The Balaban J connectivity index is 2.98. The van der Waals surface area contributed by atoms with Crippen molar-refractivity contribution in [1.82, 2.24) is 0 Å². The third kappa shape index (κ3) is 3.75. The molecule has 0 atom stereocenters. The summed E-state index contributed by atoms with van der Waals surface area (Å²) in [6.45, 7) is 4.91. The van der Waals surface area contributed by atoms with Crippen LogP contribution < -0.4 is 9.47 Å². The van der Waals surface area contributed by atoms with E-state index in [4.69, 9.17) is 14.2 Å². The van der Waals surface area contributed by atoms with Gasteiger partial charge in [-0.2, -0.15) is 0 Å². The van der Waals surface area contributed by atoms with E-state index in [1.165, 1.54) is 7.11 Å². The molecule has 0 aliphatic heterocycles. The Bertz CT molecular complexity index is 374. The van der Waals surface area contributed by atoms with E-state index in [9.17, 15) is 4.79 Å². The molecule has 17 heavy (non-hydrogen) atoms. The lowest BCUT2D eigenvalue weighted by Crippen LogP contribution is -2.09. The maximum Gasteiger partial charge on any atom is 0.192 e. The van der Waals surface area contributed by atoms with E-state index < -0.39 is 0 Å². The summed E-state index contributed by atoms with van der Waals surface area (Å²) in [7, 11) is 1.49. The number of hydrogen-bond donors (Lipinski definition) is 0. The molecule has 0 aliphatic carbocycles. The molecule has 1 aromatic carbocycles. The van der Waals surface area contributed by atoms with Crippen LogP contribution in [0, 0.1) is 0 Å². The van der Waals surface area contributed by atoms with Crippen LogP contribution in [-0.2, 0) is 4.74 Å². The largest absolute Gasteiger partial charge is 0.494 e. The Morgan fingerprint density at radius 2 is 1.88 bits per heavy atom. The van der Waals surface area contributed by atoms with E-state index in [1.54, 1.807) is 18.2 Å². The molecule has 0 N–H and O–H groups in total. The fourth-order valence-corrected chi connectivity index (χ4v) is 1.47. The minimum absolute atomic E-state index is 0.0497. The van der Waals surface area contributed by atoms with Crippen LogP contribution in [0.1, 0.15) is 24.2 Å². The highest BCUT2D eigenvalue weighted by Gasteiger charge is 2.13. The molecule has 4 nitrogen and oxygen atoms in total. The molecule has 0 aliphatic rings. The van der Waals surface area contributed by atoms with Gasteiger partial charge in [-0.15, -0.1) is 0 Å². The number of benzene rings is 1. The van der Waals surface area contributed by atoms with Crippen molar-refractivity contribution < 1.29 is 19.0 Å². The molecule has 0 saturated heterocycles. The van der Waals surface area contributed by atoms with E-state index in [0.29, 0.717) is 30.3 Å². The Hall–Kier alpha value is -1.55. The topological polar surface area (TPSA) is 44.8 Å². The van der Waals surface area contributed by atoms with Gasteiger partial charge in [0.25, 0.3) is 0 Å².